The monoisotopic (exact) mass is 300 g/mol. The lowest BCUT2D eigenvalue weighted by Crippen LogP contribution is -2.21. The summed E-state index contributed by atoms with van der Waals surface area (Å²) in [6, 6.07) is 5.94. The average molecular weight is 301 g/mol. The maximum absolute atomic E-state index is 6.17. The summed E-state index contributed by atoms with van der Waals surface area (Å²) in [4.78, 5) is 4.56. The highest BCUT2D eigenvalue weighted by molar-refractivity contribution is 7.13. The smallest absolute Gasteiger partial charge is 0.126 e. The number of nitrogens with one attached hydrogen (secondary N) is 1. The van der Waals surface area contributed by atoms with Crippen LogP contribution in [0.15, 0.2) is 23.6 Å². The molecule has 0 amide bonds. The zero-order chi connectivity index (χ0) is 13.1. The van der Waals surface area contributed by atoms with Crippen LogP contribution in [0.1, 0.15) is 19.5 Å². The molecule has 0 radical (unpaired) electrons. The lowest BCUT2D eigenvalue weighted by atomic mass is 10.2. The molecular weight excluding hydrogens is 287 g/mol. The lowest BCUT2D eigenvalue weighted by Gasteiger charge is -2.05. The van der Waals surface area contributed by atoms with Crippen LogP contribution in [0.4, 0.5) is 0 Å². The molecule has 0 aliphatic heterocycles. The summed E-state index contributed by atoms with van der Waals surface area (Å²) in [7, 11) is 0. The molecule has 1 N–H and O–H groups in total. The van der Waals surface area contributed by atoms with Gasteiger partial charge in [-0.2, -0.15) is 0 Å². The van der Waals surface area contributed by atoms with E-state index in [2.05, 4.69) is 24.1 Å². The van der Waals surface area contributed by atoms with Crippen molar-refractivity contribution in [1.82, 2.24) is 10.3 Å². The molecule has 0 fully saturated rings. The van der Waals surface area contributed by atoms with Crippen LogP contribution < -0.4 is 5.32 Å². The van der Waals surface area contributed by atoms with Crippen molar-refractivity contribution in [2.45, 2.75) is 26.4 Å². The Bertz CT molecular complexity index is 517. The van der Waals surface area contributed by atoms with Crippen molar-refractivity contribution in [3.63, 3.8) is 0 Å². The van der Waals surface area contributed by atoms with Crippen LogP contribution in [0.5, 0.6) is 0 Å². The van der Waals surface area contributed by atoms with E-state index < -0.39 is 0 Å². The highest BCUT2D eigenvalue weighted by Gasteiger charge is 2.12. The Kier molecular flexibility index (Phi) is 4.62. The summed E-state index contributed by atoms with van der Waals surface area (Å²) in [5, 5.41) is 7.51. The Labute approximate surface area is 121 Å². The van der Waals surface area contributed by atoms with Gasteiger partial charge < -0.3 is 5.32 Å². The molecule has 1 heterocycles. The largest absolute Gasteiger partial charge is 0.309 e. The number of aromatic nitrogens is 1. The Morgan fingerprint density at radius 3 is 2.56 bits per heavy atom. The molecule has 0 spiro atoms. The van der Waals surface area contributed by atoms with Gasteiger partial charge in [0, 0.05) is 23.5 Å². The molecule has 0 unspecified atom stereocenters. The first kappa shape index (κ1) is 13.8. The van der Waals surface area contributed by atoms with Crippen molar-refractivity contribution in [2.75, 3.05) is 0 Å². The zero-order valence-electron chi connectivity index (χ0n) is 10.2. The van der Waals surface area contributed by atoms with Gasteiger partial charge in [0.1, 0.15) is 5.01 Å². The van der Waals surface area contributed by atoms with E-state index in [9.17, 15) is 0 Å². The van der Waals surface area contributed by atoms with Gasteiger partial charge in [0.2, 0.25) is 0 Å². The molecule has 1 aromatic heterocycles. The molecule has 2 nitrogen and oxygen atoms in total. The van der Waals surface area contributed by atoms with Crippen molar-refractivity contribution in [1.29, 1.82) is 0 Å². The third kappa shape index (κ3) is 3.23. The van der Waals surface area contributed by atoms with Gasteiger partial charge in [0.05, 0.1) is 15.7 Å². The molecule has 0 aliphatic carbocycles. The predicted molar refractivity (Wildman–Crippen MR) is 79.5 cm³/mol. The minimum atomic E-state index is 0.444. The Balaban J connectivity index is 2.24. The van der Waals surface area contributed by atoms with Gasteiger partial charge in [-0.1, -0.05) is 43.1 Å². The fourth-order valence-electron chi connectivity index (χ4n) is 1.51. The maximum Gasteiger partial charge on any atom is 0.126 e. The van der Waals surface area contributed by atoms with Crippen molar-refractivity contribution in [3.8, 4) is 10.6 Å². The average Bonchev–Trinajstić information content (AvgIpc) is 2.75. The van der Waals surface area contributed by atoms with E-state index in [1.165, 1.54) is 0 Å². The van der Waals surface area contributed by atoms with E-state index >= 15 is 0 Å². The van der Waals surface area contributed by atoms with Crippen molar-refractivity contribution in [3.05, 3.63) is 39.3 Å². The quantitative estimate of drug-likeness (QED) is 0.891. The van der Waals surface area contributed by atoms with Gasteiger partial charge in [-0.3, -0.25) is 0 Å². The zero-order valence-corrected chi connectivity index (χ0v) is 12.5. The fraction of sp³-hybridized carbons (Fsp3) is 0.308. The first-order valence-electron chi connectivity index (χ1n) is 5.70. The third-order valence-corrected chi connectivity index (χ3v) is 3.96. The summed E-state index contributed by atoms with van der Waals surface area (Å²) in [5.74, 6) is 0. The highest BCUT2D eigenvalue weighted by atomic mass is 35.5. The van der Waals surface area contributed by atoms with Crippen LogP contribution in [0.3, 0.4) is 0 Å². The summed E-state index contributed by atoms with van der Waals surface area (Å²) < 4.78 is 0. The van der Waals surface area contributed by atoms with Gasteiger partial charge in [-0.05, 0) is 12.1 Å². The van der Waals surface area contributed by atoms with E-state index in [-0.39, 0.29) is 0 Å². The number of benzene rings is 1. The Morgan fingerprint density at radius 1 is 1.28 bits per heavy atom. The van der Waals surface area contributed by atoms with E-state index in [4.69, 9.17) is 23.2 Å². The number of hydrogen-bond donors (Lipinski definition) is 1. The molecule has 0 saturated carbocycles. The summed E-state index contributed by atoms with van der Waals surface area (Å²) in [6.07, 6.45) is 0. The maximum atomic E-state index is 6.17. The molecule has 2 rings (SSSR count). The first-order chi connectivity index (χ1) is 8.58. The third-order valence-electron chi connectivity index (χ3n) is 2.42. The molecule has 0 saturated heterocycles. The van der Waals surface area contributed by atoms with E-state index in [0.717, 1.165) is 22.8 Å². The van der Waals surface area contributed by atoms with Gasteiger partial charge >= 0.3 is 0 Å². The standard InChI is InChI=1S/C13H14Cl2N2S/c1-8(2)16-6-9-7-18-13(17-9)12-10(14)4-3-5-11(12)15/h3-5,7-8,16H,6H2,1-2H3. The van der Waals surface area contributed by atoms with E-state index in [1.807, 2.05) is 23.6 Å². The van der Waals surface area contributed by atoms with Gasteiger partial charge in [-0.15, -0.1) is 11.3 Å². The SMILES string of the molecule is CC(C)NCc1csc(-c2c(Cl)cccc2Cl)n1. The number of thiazole rings is 1. The first-order valence-corrected chi connectivity index (χ1v) is 7.33. The highest BCUT2D eigenvalue weighted by Crippen LogP contribution is 2.36. The molecule has 96 valence electrons. The van der Waals surface area contributed by atoms with Crippen LogP contribution in [-0.2, 0) is 6.54 Å². The summed E-state index contributed by atoms with van der Waals surface area (Å²) in [5.41, 5.74) is 1.83. The number of nitrogens with zero attached hydrogens (tertiary/aromatic N) is 1. The van der Waals surface area contributed by atoms with Gasteiger partial charge in [0.25, 0.3) is 0 Å². The van der Waals surface area contributed by atoms with Crippen LogP contribution >= 0.6 is 34.5 Å². The lowest BCUT2D eigenvalue weighted by molar-refractivity contribution is 0.583. The van der Waals surface area contributed by atoms with Crippen LogP contribution in [0.25, 0.3) is 10.6 Å². The van der Waals surface area contributed by atoms with Crippen molar-refractivity contribution >= 4 is 34.5 Å². The number of halogens is 2. The summed E-state index contributed by atoms with van der Waals surface area (Å²) in [6.45, 7) is 4.98. The molecule has 0 atom stereocenters. The predicted octanol–water partition coefficient (Wildman–Crippen LogP) is 4.61. The number of hydrogen-bond acceptors (Lipinski definition) is 3. The second-order valence-corrected chi connectivity index (χ2v) is 5.95. The molecule has 5 heteroatoms. The minimum Gasteiger partial charge on any atom is -0.309 e. The van der Waals surface area contributed by atoms with Gasteiger partial charge in [-0.25, -0.2) is 4.98 Å². The topological polar surface area (TPSA) is 24.9 Å². The molecule has 2 aromatic rings. The molecule has 0 bridgehead atoms. The van der Waals surface area contributed by atoms with Gasteiger partial charge in [0.15, 0.2) is 0 Å². The van der Waals surface area contributed by atoms with Crippen LogP contribution in [-0.4, -0.2) is 11.0 Å². The van der Waals surface area contributed by atoms with Crippen LogP contribution in [0.2, 0.25) is 10.0 Å². The van der Waals surface area contributed by atoms with Crippen LogP contribution in [0, 0.1) is 0 Å². The van der Waals surface area contributed by atoms with E-state index in [1.54, 1.807) is 11.3 Å². The Morgan fingerprint density at radius 2 is 1.94 bits per heavy atom. The second-order valence-electron chi connectivity index (χ2n) is 4.28. The Hall–Kier alpha value is -0.610. The van der Waals surface area contributed by atoms with Crippen molar-refractivity contribution < 1.29 is 0 Å². The second kappa shape index (κ2) is 6.02. The molecular formula is C13H14Cl2N2S. The normalized spacial score (nSPS) is 11.2. The molecule has 1 aromatic carbocycles. The van der Waals surface area contributed by atoms with Crippen molar-refractivity contribution in [2.24, 2.45) is 0 Å². The number of rotatable bonds is 4. The minimum absolute atomic E-state index is 0.444. The molecule has 18 heavy (non-hydrogen) atoms. The summed E-state index contributed by atoms with van der Waals surface area (Å²) >= 11 is 13.9. The van der Waals surface area contributed by atoms with E-state index in [0.29, 0.717) is 16.1 Å². The molecule has 0 aliphatic rings. The fourth-order valence-corrected chi connectivity index (χ4v) is 3.09.